The predicted molar refractivity (Wildman–Crippen MR) is 83.2 cm³/mol. The molecule has 108 valence electrons. The van der Waals surface area contributed by atoms with E-state index >= 15 is 0 Å². The summed E-state index contributed by atoms with van der Waals surface area (Å²) in [4.78, 5) is 4.65. The first kappa shape index (κ1) is 13.5. The van der Waals surface area contributed by atoms with E-state index in [0.29, 0.717) is 12.2 Å². The van der Waals surface area contributed by atoms with Crippen LogP contribution in [0, 0.1) is 0 Å². The largest absolute Gasteiger partial charge is 0.497 e. The van der Waals surface area contributed by atoms with Gasteiger partial charge < -0.3 is 20.1 Å². The lowest BCUT2D eigenvalue weighted by molar-refractivity contribution is 0.278. The van der Waals surface area contributed by atoms with Crippen molar-refractivity contribution in [1.82, 2.24) is 9.55 Å². The van der Waals surface area contributed by atoms with Gasteiger partial charge in [0.25, 0.3) is 0 Å². The number of hydrogen-bond donors (Lipinski definition) is 2. The molecule has 1 heterocycles. The summed E-state index contributed by atoms with van der Waals surface area (Å²) in [7, 11) is 1.63. The SMILES string of the molecule is COc1cccc(-c2nc3c(N)cccc3n2CCO)c1. The second-order valence-electron chi connectivity index (χ2n) is 4.76. The number of nitrogens with zero attached hydrogens (tertiary/aromatic N) is 2. The quantitative estimate of drug-likeness (QED) is 0.720. The number of para-hydroxylation sites is 1. The fraction of sp³-hybridized carbons (Fsp3) is 0.188. The van der Waals surface area contributed by atoms with Crippen LogP contribution in [0.2, 0.25) is 0 Å². The molecule has 0 aliphatic carbocycles. The number of benzene rings is 2. The molecule has 0 unspecified atom stereocenters. The summed E-state index contributed by atoms with van der Waals surface area (Å²) in [5, 5.41) is 9.33. The molecular formula is C16H17N3O2. The normalized spacial score (nSPS) is 11.0. The number of ether oxygens (including phenoxy) is 1. The minimum atomic E-state index is 0.0389. The monoisotopic (exact) mass is 283 g/mol. The third kappa shape index (κ3) is 2.32. The Hall–Kier alpha value is -2.53. The fourth-order valence-electron chi connectivity index (χ4n) is 2.48. The minimum absolute atomic E-state index is 0.0389. The Morgan fingerprint density at radius 3 is 2.81 bits per heavy atom. The van der Waals surface area contributed by atoms with Crippen LogP contribution in [-0.2, 0) is 6.54 Å². The second-order valence-corrected chi connectivity index (χ2v) is 4.76. The summed E-state index contributed by atoms with van der Waals surface area (Å²) in [6, 6.07) is 13.4. The Bertz CT molecular complexity index is 780. The molecule has 0 radical (unpaired) electrons. The average Bonchev–Trinajstić information content (AvgIpc) is 2.88. The van der Waals surface area contributed by atoms with E-state index in [1.54, 1.807) is 7.11 Å². The van der Waals surface area contributed by atoms with E-state index in [2.05, 4.69) is 4.98 Å². The van der Waals surface area contributed by atoms with Crippen molar-refractivity contribution < 1.29 is 9.84 Å². The number of fused-ring (bicyclic) bond motifs is 1. The summed E-state index contributed by atoms with van der Waals surface area (Å²) in [6.07, 6.45) is 0. The van der Waals surface area contributed by atoms with Crippen LogP contribution in [0.4, 0.5) is 5.69 Å². The van der Waals surface area contributed by atoms with Gasteiger partial charge in [-0.3, -0.25) is 0 Å². The van der Waals surface area contributed by atoms with Crippen molar-refractivity contribution in [1.29, 1.82) is 0 Å². The lowest BCUT2D eigenvalue weighted by Crippen LogP contribution is -2.04. The van der Waals surface area contributed by atoms with E-state index in [4.69, 9.17) is 10.5 Å². The molecule has 3 rings (SSSR count). The van der Waals surface area contributed by atoms with Crippen LogP contribution in [0.15, 0.2) is 42.5 Å². The third-order valence-electron chi connectivity index (χ3n) is 3.46. The molecule has 2 aromatic carbocycles. The first-order chi connectivity index (χ1) is 10.2. The molecule has 0 spiro atoms. The molecule has 0 amide bonds. The maximum Gasteiger partial charge on any atom is 0.141 e. The number of methoxy groups -OCH3 is 1. The standard InChI is InChI=1S/C16H17N3O2/c1-21-12-5-2-4-11(10-12)16-18-15-13(17)6-3-7-14(15)19(16)8-9-20/h2-7,10,20H,8-9,17H2,1H3. The van der Waals surface area contributed by atoms with Crippen molar-refractivity contribution in [3.63, 3.8) is 0 Å². The van der Waals surface area contributed by atoms with E-state index in [0.717, 1.165) is 28.2 Å². The van der Waals surface area contributed by atoms with Gasteiger partial charge in [-0.15, -0.1) is 0 Å². The minimum Gasteiger partial charge on any atom is -0.497 e. The summed E-state index contributed by atoms with van der Waals surface area (Å²) in [6.45, 7) is 0.504. The molecule has 5 nitrogen and oxygen atoms in total. The number of rotatable bonds is 4. The van der Waals surface area contributed by atoms with Gasteiger partial charge in [-0.1, -0.05) is 18.2 Å². The zero-order chi connectivity index (χ0) is 14.8. The maximum absolute atomic E-state index is 9.33. The molecule has 21 heavy (non-hydrogen) atoms. The lowest BCUT2D eigenvalue weighted by Gasteiger charge is -2.08. The first-order valence-corrected chi connectivity index (χ1v) is 6.74. The van der Waals surface area contributed by atoms with Crippen LogP contribution in [0.5, 0.6) is 5.75 Å². The highest BCUT2D eigenvalue weighted by atomic mass is 16.5. The molecule has 5 heteroatoms. The molecule has 3 aromatic rings. The fourth-order valence-corrected chi connectivity index (χ4v) is 2.48. The molecule has 1 aromatic heterocycles. The summed E-state index contributed by atoms with van der Waals surface area (Å²) in [5.74, 6) is 1.54. The van der Waals surface area contributed by atoms with E-state index in [1.807, 2.05) is 47.0 Å². The van der Waals surface area contributed by atoms with Gasteiger partial charge in [0.05, 0.1) is 24.9 Å². The van der Waals surface area contributed by atoms with E-state index in [9.17, 15) is 5.11 Å². The zero-order valence-electron chi connectivity index (χ0n) is 11.8. The Morgan fingerprint density at radius 1 is 1.24 bits per heavy atom. The van der Waals surface area contributed by atoms with Crippen molar-refractivity contribution >= 4 is 16.7 Å². The molecular weight excluding hydrogens is 266 g/mol. The number of anilines is 1. The van der Waals surface area contributed by atoms with Gasteiger partial charge in [0.1, 0.15) is 17.1 Å². The van der Waals surface area contributed by atoms with E-state index < -0.39 is 0 Å². The number of nitrogen functional groups attached to an aromatic ring is 1. The number of imidazole rings is 1. The van der Waals surface area contributed by atoms with Crippen molar-refractivity contribution in [2.75, 3.05) is 19.5 Å². The smallest absolute Gasteiger partial charge is 0.141 e. The molecule has 0 atom stereocenters. The van der Waals surface area contributed by atoms with E-state index in [-0.39, 0.29) is 6.61 Å². The number of hydrogen-bond acceptors (Lipinski definition) is 4. The van der Waals surface area contributed by atoms with Gasteiger partial charge in [-0.25, -0.2) is 4.98 Å². The highest BCUT2D eigenvalue weighted by molar-refractivity contribution is 5.90. The van der Waals surface area contributed by atoms with Crippen LogP contribution in [-0.4, -0.2) is 28.4 Å². The van der Waals surface area contributed by atoms with Gasteiger partial charge in [0, 0.05) is 12.1 Å². The lowest BCUT2D eigenvalue weighted by atomic mass is 10.2. The van der Waals surface area contributed by atoms with Crippen LogP contribution in [0.1, 0.15) is 0 Å². The Balaban J connectivity index is 2.25. The number of aliphatic hydroxyl groups is 1. The van der Waals surface area contributed by atoms with Crippen molar-refractivity contribution in [2.24, 2.45) is 0 Å². The molecule has 3 N–H and O–H groups in total. The molecule has 0 saturated carbocycles. The zero-order valence-corrected chi connectivity index (χ0v) is 11.8. The molecule has 0 saturated heterocycles. The van der Waals surface area contributed by atoms with Crippen LogP contribution in [0.25, 0.3) is 22.4 Å². The molecule has 0 aliphatic heterocycles. The predicted octanol–water partition coefficient (Wildman–Crippen LogP) is 2.29. The summed E-state index contributed by atoms with van der Waals surface area (Å²) < 4.78 is 7.24. The van der Waals surface area contributed by atoms with Gasteiger partial charge in [-0.2, -0.15) is 0 Å². The molecule has 0 bridgehead atoms. The highest BCUT2D eigenvalue weighted by Crippen LogP contribution is 2.29. The van der Waals surface area contributed by atoms with Crippen LogP contribution < -0.4 is 10.5 Å². The Morgan fingerprint density at radius 2 is 2.05 bits per heavy atom. The highest BCUT2D eigenvalue weighted by Gasteiger charge is 2.14. The van der Waals surface area contributed by atoms with E-state index in [1.165, 1.54) is 0 Å². The van der Waals surface area contributed by atoms with Crippen LogP contribution in [0.3, 0.4) is 0 Å². The van der Waals surface area contributed by atoms with Gasteiger partial charge >= 0.3 is 0 Å². The second kappa shape index (κ2) is 5.46. The number of nitrogens with two attached hydrogens (primary N) is 1. The average molecular weight is 283 g/mol. The van der Waals surface area contributed by atoms with Crippen molar-refractivity contribution in [2.45, 2.75) is 6.54 Å². The molecule has 0 fully saturated rings. The first-order valence-electron chi connectivity index (χ1n) is 6.74. The van der Waals surface area contributed by atoms with Crippen molar-refractivity contribution in [3.8, 4) is 17.1 Å². The van der Waals surface area contributed by atoms with Gasteiger partial charge in [0.15, 0.2) is 0 Å². The molecule has 0 aliphatic rings. The third-order valence-corrected chi connectivity index (χ3v) is 3.46. The van der Waals surface area contributed by atoms with Gasteiger partial charge in [-0.05, 0) is 24.3 Å². The topological polar surface area (TPSA) is 73.3 Å². The summed E-state index contributed by atoms with van der Waals surface area (Å²) >= 11 is 0. The maximum atomic E-state index is 9.33. The van der Waals surface area contributed by atoms with Crippen LogP contribution >= 0.6 is 0 Å². The Kier molecular flexibility index (Phi) is 3.50. The number of aromatic nitrogens is 2. The Labute approximate surface area is 122 Å². The number of aliphatic hydroxyl groups excluding tert-OH is 1. The van der Waals surface area contributed by atoms with Crippen molar-refractivity contribution in [3.05, 3.63) is 42.5 Å². The van der Waals surface area contributed by atoms with Gasteiger partial charge in [0.2, 0.25) is 0 Å². The summed E-state index contributed by atoms with van der Waals surface area (Å²) in [5.41, 5.74) is 9.24.